The molecule has 1 atom stereocenters. The molecule has 0 saturated carbocycles. The zero-order valence-electron chi connectivity index (χ0n) is 13.0. The number of allylic oxidation sites excluding steroid dienone is 1. The Morgan fingerprint density at radius 2 is 2.00 bits per heavy atom. The third-order valence-corrected chi connectivity index (χ3v) is 3.59. The van der Waals surface area contributed by atoms with Gasteiger partial charge in [-0.15, -0.1) is 0 Å². The van der Waals surface area contributed by atoms with Gasteiger partial charge in [0.25, 0.3) is 0 Å². The van der Waals surface area contributed by atoms with E-state index in [-0.39, 0.29) is 12.6 Å². The molecule has 0 amide bonds. The van der Waals surface area contributed by atoms with E-state index in [9.17, 15) is 0 Å². The maximum atomic E-state index is 8.66. The Morgan fingerprint density at radius 1 is 1.18 bits per heavy atom. The molecule has 0 aromatic heterocycles. The number of hydrogen-bond donors (Lipinski definition) is 2. The molecule has 0 spiro atoms. The summed E-state index contributed by atoms with van der Waals surface area (Å²) in [5.41, 5.74) is 1.32. The number of unbranched alkanes of at least 4 members (excludes halogenated alkanes) is 1. The molecule has 2 N–H and O–H groups in total. The van der Waals surface area contributed by atoms with Crippen LogP contribution in [0.5, 0.6) is 0 Å². The van der Waals surface area contributed by atoms with Gasteiger partial charge in [-0.3, -0.25) is 0 Å². The first kappa shape index (κ1) is 16.3. The molecule has 0 fully saturated rings. The standard InChI is InChI=1S/C20H23NO/c1-17(21-15-8-4-2-3-5-9-16-22)19-14-10-12-18-11-6-7-13-20(18)19/h4,6-8,10-14,17,21-22H,5,9,15-16H2,1H3/t17-/m1/s1. The van der Waals surface area contributed by atoms with E-state index in [1.165, 1.54) is 16.3 Å². The van der Waals surface area contributed by atoms with E-state index in [1.54, 1.807) is 0 Å². The SMILES string of the molecule is C[C@@H](NCC=CC#CCCCO)c1cccc2ccccc12. The van der Waals surface area contributed by atoms with Crippen LogP contribution in [0.3, 0.4) is 0 Å². The van der Waals surface area contributed by atoms with Crippen LogP contribution in [0.1, 0.15) is 31.4 Å². The van der Waals surface area contributed by atoms with Crippen molar-refractivity contribution in [3.63, 3.8) is 0 Å². The molecule has 2 heteroatoms. The summed E-state index contributed by atoms with van der Waals surface area (Å²) >= 11 is 0. The van der Waals surface area contributed by atoms with Crippen LogP contribution in [0.15, 0.2) is 54.6 Å². The first-order valence-corrected chi connectivity index (χ1v) is 7.78. The normalized spacial score (nSPS) is 12.3. The minimum absolute atomic E-state index is 0.211. The van der Waals surface area contributed by atoms with Gasteiger partial charge in [0, 0.05) is 25.6 Å². The molecule has 2 aromatic rings. The highest BCUT2D eigenvalue weighted by Gasteiger charge is 2.07. The smallest absolute Gasteiger partial charge is 0.0440 e. The lowest BCUT2D eigenvalue weighted by Crippen LogP contribution is -2.18. The van der Waals surface area contributed by atoms with Gasteiger partial charge in [-0.25, -0.2) is 0 Å². The maximum Gasteiger partial charge on any atom is 0.0440 e. The maximum absolute atomic E-state index is 8.66. The molecule has 22 heavy (non-hydrogen) atoms. The minimum Gasteiger partial charge on any atom is -0.396 e. The lowest BCUT2D eigenvalue weighted by atomic mass is 10.00. The molecule has 0 heterocycles. The second-order valence-corrected chi connectivity index (χ2v) is 5.25. The highest BCUT2D eigenvalue weighted by atomic mass is 16.2. The van der Waals surface area contributed by atoms with Gasteiger partial charge in [-0.1, -0.05) is 60.4 Å². The Kier molecular flexibility index (Phi) is 6.70. The minimum atomic E-state index is 0.211. The molecule has 0 aliphatic heterocycles. The van der Waals surface area contributed by atoms with Crippen molar-refractivity contribution in [2.24, 2.45) is 0 Å². The number of fused-ring (bicyclic) bond motifs is 1. The average Bonchev–Trinajstić information content (AvgIpc) is 2.56. The van der Waals surface area contributed by atoms with Gasteiger partial charge in [0.2, 0.25) is 0 Å². The van der Waals surface area contributed by atoms with Crippen molar-refractivity contribution in [3.8, 4) is 11.8 Å². The molecular weight excluding hydrogens is 270 g/mol. The van der Waals surface area contributed by atoms with Crippen molar-refractivity contribution in [1.82, 2.24) is 5.32 Å². The largest absolute Gasteiger partial charge is 0.396 e. The number of aliphatic hydroxyl groups is 1. The van der Waals surface area contributed by atoms with Crippen molar-refractivity contribution in [3.05, 3.63) is 60.2 Å². The Bertz CT molecular complexity index is 673. The molecule has 2 nitrogen and oxygen atoms in total. The highest BCUT2D eigenvalue weighted by molar-refractivity contribution is 5.86. The first-order chi connectivity index (χ1) is 10.8. The fraction of sp³-hybridized carbons (Fsp3) is 0.300. The number of benzene rings is 2. The van der Waals surface area contributed by atoms with E-state index >= 15 is 0 Å². The predicted molar refractivity (Wildman–Crippen MR) is 93.6 cm³/mol. The van der Waals surface area contributed by atoms with Crippen molar-refractivity contribution >= 4 is 10.8 Å². The fourth-order valence-corrected chi connectivity index (χ4v) is 2.40. The van der Waals surface area contributed by atoms with Crippen LogP contribution in [0, 0.1) is 11.8 Å². The predicted octanol–water partition coefficient (Wildman–Crippen LogP) is 3.82. The van der Waals surface area contributed by atoms with Crippen molar-refractivity contribution in [1.29, 1.82) is 0 Å². The Morgan fingerprint density at radius 3 is 2.86 bits per heavy atom. The van der Waals surface area contributed by atoms with Crippen LogP contribution >= 0.6 is 0 Å². The van der Waals surface area contributed by atoms with Gasteiger partial charge in [-0.05, 0) is 35.8 Å². The van der Waals surface area contributed by atoms with Crippen LogP contribution in [-0.4, -0.2) is 18.3 Å². The quantitative estimate of drug-likeness (QED) is 0.627. The second kappa shape index (κ2) is 9.04. The lowest BCUT2D eigenvalue weighted by Gasteiger charge is -2.15. The van der Waals surface area contributed by atoms with Gasteiger partial charge in [0.1, 0.15) is 0 Å². The molecular formula is C20H23NO. The number of aliphatic hydroxyl groups excluding tert-OH is 1. The molecule has 0 radical (unpaired) electrons. The van der Waals surface area contributed by atoms with Crippen LogP contribution < -0.4 is 5.32 Å². The summed E-state index contributed by atoms with van der Waals surface area (Å²) in [5.74, 6) is 5.99. The molecule has 0 aliphatic carbocycles. The Labute approximate surface area is 132 Å². The van der Waals surface area contributed by atoms with Gasteiger partial charge < -0.3 is 10.4 Å². The lowest BCUT2D eigenvalue weighted by molar-refractivity contribution is 0.290. The zero-order valence-corrected chi connectivity index (χ0v) is 13.0. The summed E-state index contributed by atoms with van der Waals surface area (Å²) in [6.45, 7) is 3.18. The van der Waals surface area contributed by atoms with E-state index in [1.807, 2.05) is 12.2 Å². The molecule has 2 aromatic carbocycles. The van der Waals surface area contributed by atoms with Crippen LogP contribution in [-0.2, 0) is 0 Å². The van der Waals surface area contributed by atoms with Gasteiger partial charge in [-0.2, -0.15) is 0 Å². The number of hydrogen-bond acceptors (Lipinski definition) is 2. The monoisotopic (exact) mass is 293 g/mol. The summed E-state index contributed by atoms with van der Waals surface area (Å²) in [4.78, 5) is 0. The van der Waals surface area contributed by atoms with Crippen molar-refractivity contribution in [2.45, 2.75) is 25.8 Å². The van der Waals surface area contributed by atoms with Crippen molar-refractivity contribution < 1.29 is 5.11 Å². The Balaban J connectivity index is 1.90. The van der Waals surface area contributed by atoms with Crippen LogP contribution in [0.2, 0.25) is 0 Å². The summed E-state index contributed by atoms with van der Waals surface area (Å²) in [6.07, 6.45) is 5.41. The van der Waals surface area contributed by atoms with Crippen LogP contribution in [0.4, 0.5) is 0 Å². The molecule has 0 saturated heterocycles. The molecule has 0 unspecified atom stereocenters. The first-order valence-electron chi connectivity index (χ1n) is 7.78. The van der Waals surface area contributed by atoms with Crippen LogP contribution in [0.25, 0.3) is 10.8 Å². The fourth-order valence-electron chi connectivity index (χ4n) is 2.40. The van der Waals surface area contributed by atoms with E-state index in [4.69, 9.17) is 5.11 Å². The average molecular weight is 293 g/mol. The van der Waals surface area contributed by atoms with Gasteiger partial charge in [0.05, 0.1) is 0 Å². The van der Waals surface area contributed by atoms with Crippen molar-refractivity contribution in [2.75, 3.05) is 13.2 Å². The third-order valence-electron chi connectivity index (χ3n) is 3.59. The summed E-state index contributed by atoms with van der Waals surface area (Å²) in [7, 11) is 0. The summed E-state index contributed by atoms with van der Waals surface area (Å²) in [6, 6.07) is 15.2. The van der Waals surface area contributed by atoms with E-state index in [2.05, 4.69) is 66.5 Å². The number of nitrogens with one attached hydrogen (secondary N) is 1. The summed E-state index contributed by atoms with van der Waals surface area (Å²) in [5, 5.41) is 14.7. The molecule has 0 aliphatic rings. The summed E-state index contributed by atoms with van der Waals surface area (Å²) < 4.78 is 0. The molecule has 2 rings (SSSR count). The Hall–Kier alpha value is -2.08. The molecule has 114 valence electrons. The highest BCUT2D eigenvalue weighted by Crippen LogP contribution is 2.23. The van der Waals surface area contributed by atoms with Gasteiger partial charge >= 0.3 is 0 Å². The van der Waals surface area contributed by atoms with E-state index in [0.717, 1.165) is 19.4 Å². The van der Waals surface area contributed by atoms with Gasteiger partial charge in [0.15, 0.2) is 0 Å². The second-order valence-electron chi connectivity index (χ2n) is 5.25. The topological polar surface area (TPSA) is 32.3 Å². The third kappa shape index (κ3) is 4.73. The zero-order chi connectivity index (χ0) is 15.6. The van der Waals surface area contributed by atoms with E-state index in [0.29, 0.717) is 0 Å². The molecule has 0 bridgehead atoms. The van der Waals surface area contributed by atoms with E-state index < -0.39 is 0 Å². The number of rotatable bonds is 6.